The van der Waals surface area contributed by atoms with E-state index in [0.717, 1.165) is 11.3 Å². The van der Waals surface area contributed by atoms with Gasteiger partial charge in [0.1, 0.15) is 17.2 Å². The molecule has 31 heavy (non-hydrogen) atoms. The summed E-state index contributed by atoms with van der Waals surface area (Å²) in [5, 5.41) is 29.3. The Morgan fingerprint density at radius 2 is 2.03 bits per heavy atom. The van der Waals surface area contributed by atoms with E-state index in [1.807, 2.05) is 37.4 Å². The molecular weight excluding hydrogens is 416 g/mol. The topological polar surface area (TPSA) is 108 Å². The number of fused-ring (bicyclic) bond motifs is 1. The molecule has 0 radical (unpaired) electrons. The summed E-state index contributed by atoms with van der Waals surface area (Å²) in [6.07, 6.45) is 0. The number of nitrogens with zero attached hydrogens (tertiary/aromatic N) is 3. The average Bonchev–Trinajstić information content (AvgIpc) is 3.08. The number of carbonyl (C=O) groups is 1. The van der Waals surface area contributed by atoms with E-state index in [-0.39, 0.29) is 30.1 Å². The molecular formula is C22H22N4O4S. The van der Waals surface area contributed by atoms with Gasteiger partial charge in [-0.3, -0.25) is 9.79 Å². The molecule has 1 aromatic heterocycles. The zero-order valence-corrected chi connectivity index (χ0v) is 18.1. The Balaban J connectivity index is 1.85. The first-order valence-corrected chi connectivity index (χ1v) is 10.6. The zero-order valence-electron chi connectivity index (χ0n) is 17.3. The highest BCUT2D eigenvalue weighted by molar-refractivity contribution is 7.07. The van der Waals surface area contributed by atoms with Crippen LogP contribution in [0.4, 0.5) is 5.69 Å². The molecule has 3 aromatic rings. The van der Waals surface area contributed by atoms with Crippen LogP contribution in [-0.2, 0) is 4.79 Å². The van der Waals surface area contributed by atoms with Crippen LogP contribution in [-0.4, -0.2) is 39.2 Å². The summed E-state index contributed by atoms with van der Waals surface area (Å²) < 4.78 is 7.17. The van der Waals surface area contributed by atoms with Gasteiger partial charge in [0.15, 0.2) is 6.61 Å². The van der Waals surface area contributed by atoms with Gasteiger partial charge in [-0.05, 0) is 51.1 Å². The Morgan fingerprint density at radius 1 is 1.23 bits per heavy atom. The molecule has 8 nitrogen and oxygen atoms in total. The number of nitrogens with one attached hydrogen (secondary N) is 1. The Morgan fingerprint density at radius 3 is 2.77 bits per heavy atom. The minimum Gasteiger partial charge on any atom is -0.508 e. The second-order valence-corrected chi connectivity index (χ2v) is 8.21. The third-order valence-corrected chi connectivity index (χ3v) is 5.41. The standard InChI is InChI=1S/C22H22N4O4S/c1-12(2)23-22-26(25-13(3)16-6-5-15(27)9-19(16)28)18(11-31-22)14-4-7-20-17(8-14)24-21(29)10-30-20/h4-9,11-12,27-28H,10H2,1-3H3,(H,24,29). The van der Waals surface area contributed by atoms with Crippen molar-refractivity contribution in [1.82, 2.24) is 4.68 Å². The third kappa shape index (κ3) is 4.31. The highest BCUT2D eigenvalue weighted by atomic mass is 32.1. The number of rotatable bonds is 4. The lowest BCUT2D eigenvalue weighted by Crippen LogP contribution is -2.25. The van der Waals surface area contributed by atoms with Crippen molar-refractivity contribution in [2.24, 2.45) is 10.1 Å². The highest BCUT2D eigenvalue weighted by Gasteiger charge is 2.18. The van der Waals surface area contributed by atoms with E-state index in [0.29, 0.717) is 27.5 Å². The number of amides is 1. The first-order valence-electron chi connectivity index (χ1n) is 9.71. The van der Waals surface area contributed by atoms with Crippen molar-refractivity contribution in [3.8, 4) is 28.5 Å². The van der Waals surface area contributed by atoms with Crippen molar-refractivity contribution < 1.29 is 19.7 Å². The van der Waals surface area contributed by atoms with E-state index in [4.69, 9.17) is 9.84 Å². The maximum Gasteiger partial charge on any atom is 0.262 e. The summed E-state index contributed by atoms with van der Waals surface area (Å²) in [5.74, 6) is 0.335. The monoisotopic (exact) mass is 438 g/mol. The molecule has 0 atom stereocenters. The minimum atomic E-state index is -0.199. The van der Waals surface area contributed by atoms with Crippen molar-refractivity contribution in [2.45, 2.75) is 26.8 Å². The molecule has 0 aliphatic carbocycles. The molecule has 0 saturated heterocycles. The summed E-state index contributed by atoms with van der Waals surface area (Å²) in [4.78, 5) is 17.1. The molecule has 9 heteroatoms. The van der Waals surface area contributed by atoms with Gasteiger partial charge in [0.05, 0.1) is 17.1 Å². The molecule has 0 unspecified atom stereocenters. The summed E-state index contributed by atoms with van der Waals surface area (Å²) in [6.45, 7) is 5.75. The van der Waals surface area contributed by atoms with Gasteiger partial charge in [-0.2, -0.15) is 5.10 Å². The number of aromatic nitrogens is 1. The van der Waals surface area contributed by atoms with Gasteiger partial charge >= 0.3 is 0 Å². The number of benzene rings is 2. The number of aromatic hydroxyl groups is 2. The quantitative estimate of drug-likeness (QED) is 0.542. The molecule has 0 bridgehead atoms. The van der Waals surface area contributed by atoms with Crippen molar-refractivity contribution >= 4 is 28.6 Å². The lowest BCUT2D eigenvalue weighted by molar-refractivity contribution is -0.118. The van der Waals surface area contributed by atoms with Gasteiger partial charge in [0.2, 0.25) is 4.80 Å². The van der Waals surface area contributed by atoms with Crippen LogP contribution in [0.1, 0.15) is 26.3 Å². The van der Waals surface area contributed by atoms with E-state index in [9.17, 15) is 15.0 Å². The summed E-state index contributed by atoms with van der Waals surface area (Å²) in [7, 11) is 0. The van der Waals surface area contributed by atoms with Crippen LogP contribution in [0.5, 0.6) is 17.2 Å². The summed E-state index contributed by atoms with van der Waals surface area (Å²) in [6, 6.07) is 10.0. The van der Waals surface area contributed by atoms with Crippen LogP contribution in [0.15, 0.2) is 51.9 Å². The zero-order chi connectivity index (χ0) is 22.1. The lowest BCUT2D eigenvalue weighted by Gasteiger charge is -2.18. The van der Waals surface area contributed by atoms with Crippen LogP contribution >= 0.6 is 11.3 Å². The van der Waals surface area contributed by atoms with Gasteiger partial charge in [-0.15, -0.1) is 11.3 Å². The van der Waals surface area contributed by atoms with Crippen molar-refractivity contribution in [3.05, 3.63) is 52.1 Å². The number of anilines is 1. The molecule has 160 valence electrons. The van der Waals surface area contributed by atoms with Crippen molar-refractivity contribution in [1.29, 1.82) is 0 Å². The predicted octanol–water partition coefficient (Wildman–Crippen LogP) is 3.54. The number of thiazole rings is 1. The third-order valence-electron chi connectivity index (χ3n) is 4.58. The lowest BCUT2D eigenvalue weighted by atomic mass is 10.1. The number of ether oxygens (including phenoxy) is 1. The maximum atomic E-state index is 11.7. The fourth-order valence-electron chi connectivity index (χ4n) is 3.18. The van der Waals surface area contributed by atoms with Gasteiger partial charge in [0.25, 0.3) is 5.91 Å². The second kappa shape index (κ2) is 8.27. The Hall–Kier alpha value is -3.59. The van der Waals surface area contributed by atoms with E-state index in [1.54, 1.807) is 17.7 Å². The van der Waals surface area contributed by atoms with Crippen molar-refractivity contribution in [2.75, 3.05) is 11.9 Å². The maximum absolute atomic E-state index is 11.7. The molecule has 1 aliphatic heterocycles. The number of hydrogen-bond donors (Lipinski definition) is 3. The number of phenols is 2. The first kappa shape index (κ1) is 20.7. The van der Waals surface area contributed by atoms with Gasteiger partial charge in [-0.25, -0.2) is 4.68 Å². The SMILES string of the molecule is CC(=Nn1c(-c2ccc3c(c2)NC(=O)CO3)csc1=NC(C)C)c1ccc(O)cc1O. The Labute approximate surface area is 182 Å². The van der Waals surface area contributed by atoms with Crippen LogP contribution < -0.4 is 14.9 Å². The number of hydrogen-bond acceptors (Lipinski definition) is 7. The average molecular weight is 439 g/mol. The second-order valence-electron chi connectivity index (χ2n) is 7.37. The van der Waals surface area contributed by atoms with Gasteiger partial charge < -0.3 is 20.3 Å². The van der Waals surface area contributed by atoms with Crippen LogP contribution in [0.25, 0.3) is 11.3 Å². The predicted molar refractivity (Wildman–Crippen MR) is 120 cm³/mol. The fourth-order valence-corrected chi connectivity index (χ4v) is 4.14. The minimum absolute atomic E-state index is 0.00181. The van der Waals surface area contributed by atoms with Gasteiger partial charge in [0, 0.05) is 28.6 Å². The van der Waals surface area contributed by atoms with Gasteiger partial charge in [-0.1, -0.05) is 0 Å². The molecule has 2 heterocycles. The summed E-state index contributed by atoms with van der Waals surface area (Å²) in [5.41, 5.74) is 3.27. The van der Waals surface area contributed by atoms with E-state index < -0.39 is 0 Å². The molecule has 4 rings (SSSR count). The normalized spacial score (nSPS) is 14.4. The Kier molecular flexibility index (Phi) is 5.51. The smallest absolute Gasteiger partial charge is 0.262 e. The Bertz CT molecular complexity index is 1260. The first-order chi connectivity index (χ1) is 14.8. The fraction of sp³-hybridized carbons (Fsp3) is 0.227. The van der Waals surface area contributed by atoms with E-state index in [2.05, 4.69) is 10.3 Å². The number of carbonyl (C=O) groups excluding carboxylic acids is 1. The molecule has 3 N–H and O–H groups in total. The molecule has 0 saturated carbocycles. The number of phenolic OH excluding ortho intramolecular Hbond substituents is 2. The molecule has 0 spiro atoms. The molecule has 0 fully saturated rings. The molecule has 1 aliphatic rings. The molecule has 2 aromatic carbocycles. The summed E-state index contributed by atoms with van der Waals surface area (Å²) >= 11 is 1.45. The van der Waals surface area contributed by atoms with Crippen LogP contribution in [0, 0.1) is 0 Å². The van der Waals surface area contributed by atoms with Crippen LogP contribution in [0.2, 0.25) is 0 Å². The van der Waals surface area contributed by atoms with E-state index in [1.165, 1.54) is 23.5 Å². The van der Waals surface area contributed by atoms with Crippen molar-refractivity contribution in [3.63, 3.8) is 0 Å². The van der Waals surface area contributed by atoms with Crippen LogP contribution in [0.3, 0.4) is 0 Å². The van der Waals surface area contributed by atoms with E-state index >= 15 is 0 Å². The highest BCUT2D eigenvalue weighted by Crippen LogP contribution is 2.33. The largest absolute Gasteiger partial charge is 0.508 e. The molecule has 1 amide bonds.